The van der Waals surface area contributed by atoms with Crippen LogP contribution in [0.25, 0.3) is 5.69 Å². The first-order chi connectivity index (χ1) is 11.1. The summed E-state index contributed by atoms with van der Waals surface area (Å²) in [5.41, 5.74) is 1.09. The molecule has 3 aromatic rings. The van der Waals surface area contributed by atoms with Crippen LogP contribution in [0, 0.1) is 5.82 Å². The van der Waals surface area contributed by atoms with Crippen molar-refractivity contribution in [3.8, 4) is 5.69 Å². The molecule has 0 aliphatic heterocycles. The summed E-state index contributed by atoms with van der Waals surface area (Å²) >= 11 is 0. The Morgan fingerprint density at radius 1 is 1.17 bits per heavy atom. The van der Waals surface area contributed by atoms with E-state index < -0.39 is 20.7 Å². The lowest BCUT2D eigenvalue weighted by atomic mass is 10.4. The van der Waals surface area contributed by atoms with Gasteiger partial charge in [0, 0.05) is 6.20 Å². The molecule has 0 atom stereocenters. The van der Waals surface area contributed by atoms with Crippen LogP contribution < -0.4 is 4.72 Å². The van der Waals surface area contributed by atoms with Gasteiger partial charge in [0.05, 0.1) is 30.3 Å². The predicted octanol–water partition coefficient (Wildman–Crippen LogP) is 1.28. The van der Waals surface area contributed by atoms with Crippen molar-refractivity contribution in [2.24, 2.45) is 0 Å². The van der Waals surface area contributed by atoms with Gasteiger partial charge < -0.3 is 0 Å². The van der Waals surface area contributed by atoms with E-state index in [2.05, 4.69) is 20.0 Å². The number of nitrogens with one attached hydrogen (secondary N) is 1. The van der Waals surface area contributed by atoms with Crippen molar-refractivity contribution >= 4 is 10.0 Å². The van der Waals surface area contributed by atoms with Crippen molar-refractivity contribution in [1.82, 2.24) is 24.7 Å². The van der Waals surface area contributed by atoms with Crippen LogP contribution in [0.5, 0.6) is 0 Å². The van der Waals surface area contributed by atoms with Crippen LogP contribution in [-0.2, 0) is 16.6 Å². The average molecular weight is 333 g/mol. The Bertz CT molecular complexity index is 912. The van der Waals surface area contributed by atoms with Crippen LogP contribution in [0.1, 0.15) is 5.69 Å². The van der Waals surface area contributed by atoms with Gasteiger partial charge in [-0.3, -0.25) is 4.98 Å². The number of hydrogen-bond donors (Lipinski definition) is 1. The minimum Gasteiger partial charge on any atom is -0.262 e. The fraction of sp³-hybridized carbons (Fsp3) is 0.0714. The highest BCUT2D eigenvalue weighted by atomic mass is 32.2. The van der Waals surface area contributed by atoms with Crippen molar-refractivity contribution in [2.45, 2.75) is 11.4 Å². The zero-order chi connectivity index (χ0) is 16.3. The minimum absolute atomic E-state index is 0.100. The van der Waals surface area contributed by atoms with E-state index in [0.29, 0.717) is 11.4 Å². The third-order valence-corrected chi connectivity index (χ3v) is 4.46. The van der Waals surface area contributed by atoms with Gasteiger partial charge in [-0.15, -0.1) is 5.10 Å². The van der Waals surface area contributed by atoms with Crippen molar-refractivity contribution in [2.75, 3.05) is 0 Å². The second kappa shape index (κ2) is 6.23. The first kappa shape index (κ1) is 15.3. The highest BCUT2D eigenvalue weighted by molar-refractivity contribution is 7.89. The maximum Gasteiger partial charge on any atom is 0.243 e. The molecule has 0 spiro atoms. The number of pyridine rings is 1. The Morgan fingerprint density at radius 3 is 2.74 bits per heavy atom. The third kappa shape index (κ3) is 3.41. The Morgan fingerprint density at radius 2 is 2.00 bits per heavy atom. The van der Waals surface area contributed by atoms with Crippen LogP contribution in [0.15, 0.2) is 59.9 Å². The number of hydrogen-bond acceptors (Lipinski definition) is 5. The van der Waals surface area contributed by atoms with Crippen molar-refractivity contribution in [3.63, 3.8) is 0 Å². The summed E-state index contributed by atoms with van der Waals surface area (Å²) in [4.78, 5) is 3.56. The minimum atomic E-state index is -3.96. The van der Waals surface area contributed by atoms with Gasteiger partial charge in [-0.05, 0) is 24.3 Å². The number of aromatic nitrogens is 4. The molecule has 0 amide bonds. The molecule has 1 N–H and O–H groups in total. The molecular formula is C14H12FN5O2S. The first-order valence-corrected chi connectivity index (χ1v) is 8.10. The fourth-order valence-corrected chi connectivity index (χ4v) is 2.98. The number of benzene rings is 1. The van der Waals surface area contributed by atoms with Gasteiger partial charge in [-0.1, -0.05) is 17.3 Å². The highest BCUT2D eigenvalue weighted by Crippen LogP contribution is 2.13. The maximum atomic E-state index is 13.6. The molecule has 1 aromatic carbocycles. The van der Waals surface area contributed by atoms with Gasteiger partial charge in [-0.2, -0.15) is 0 Å². The van der Waals surface area contributed by atoms with E-state index in [1.54, 1.807) is 30.7 Å². The van der Waals surface area contributed by atoms with Crippen LogP contribution in [-0.4, -0.2) is 28.4 Å². The molecule has 0 unspecified atom stereocenters. The van der Waals surface area contributed by atoms with Gasteiger partial charge in [0.15, 0.2) is 0 Å². The first-order valence-electron chi connectivity index (χ1n) is 6.62. The Kier molecular flexibility index (Phi) is 4.13. The van der Waals surface area contributed by atoms with Gasteiger partial charge in [-0.25, -0.2) is 22.2 Å². The summed E-state index contributed by atoms with van der Waals surface area (Å²) in [6.07, 6.45) is 4.80. The second-order valence-corrected chi connectivity index (χ2v) is 6.36. The number of sulfonamides is 1. The van der Waals surface area contributed by atoms with E-state index in [9.17, 15) is 12.8 Å². The van der Waals surface area contributed by atoms with Crippen molar-refractivity contribution in [1.29, 1.82) is 0 Å². The SMILES string of the molecule is O=S(=O)(NCc1cn(-c2cccnc2)nn1)c1ccccc1F. The van der Waals surface area contributed by atoms with E-state index in [4.69, 9.17) is 0 Å². The topological polar surface area (TPSA) is 89.8 Å². The van der Waals surface area contributed by atoms with Crippen LogP contribution in [0.2, 0.25) is 0 Å². The van der Waals surface area contributed by atoms with Gasteiger partial charge in [0.25, 0.3) is 0 Å². The van der Waals surface area contributed by atoms with E-state index >= 15 is 0 Å². The molecule has 0 bridgehead atoms. The molecule has 0 fully saturated rings. The summed E-state index contributed by atoms with van der Waals surface area (Å²) in [5.74, 6) is -0.806. The Hall–Kier alpha value is -2.65. The number of halogens is 1. The van der Waals surface area contributed by atoms with Crippen molar-refractivity contribution in [3.05, 3.63) is 66.5 Å². The second-order valence-electron chi connectivity index (χ2n) is 4.62. The molecule has 0 aliphatic carbocycles. The molecule has 2 heterocycles. The van der Waals surface area contributed by atoms with Crippen LogP contribution >= 0.6 is 0 Å². The molecule has 0 saturated carbocycles. The lowest BCUT2D eigenvalue weighted by molar-refractivity contribution is 0.556. The van der Waals surface area contributed by atoms with Gasteiger partial charge in [0.2, 0.25) is 10.0 Å². The third-order valence-electron chi connectivity index (χ3n) is 3.02. The predicted molar refractivity (Wildman–Crippen MR) is 79.6 cm³/mol. The fourth-order valence-electron chi connectivity index (χ4n) is 1.90. The standard InChI is InChI=1S/C14H12FN5O2S/c15-13-5-1-2-6-14(13)23(21,22)17-8-11-10-20(19-18-11)12-4-3-7-16-9-12/h1-7,9-10,17H,8H2. The highest BCUT2D eigenvalue weighted by Gasteiger charge is 2.18. The number of nitrogens with zero attached hydrogens (tertiary/aromatic N) is 4. The normalized spacial score (nSPS) is 11.5. The van der Waals surface area contributed by atoms with Crippen LogP contribution in [0.4, 0.5) is 4.39 Å². The lowest BCUT2D eigenvalue weighted by Gasteiger charge is -2.05. The molecule has 9 heteroatoms. The molecule has 2 aromatic heterocycles. The molecule has 7 nitrogen and oxygen atoms in total. The monoisotopic (exact) mass is 333 g/mol. The van der Waals surface area contributed by atoms with Crippen molar-refractivity contribution < 1.29 is 12.8 Å². The average Bonchev–Trinajstić information content (AvgIpc) is 3.03. The molecule has 23 heavy (non-hydrogen) atoms. The molecular weight excluding hydrogens is 321 g/mol. The Labute approximate surface area is 131 Å². The summed E-state index contributed by atoms with van der Waals surface area (Å²) in [7, 11) is -3.96. The summed E-state index contributed by atoms with van der Waals surface area (Å²) in [6.45, 7) is -0.100. The zero-order valence-electron chi connectivity index (χ0n) is 11.8. The van der Waals surface area contributed by atoms with Gasteiger partial charge >= 0.3 is 0 Å². The van der Waals surface area contributed by atoms with E-state index in [-0.39, 0.29) is 6.54 Å². The van der Waals surface area contributed by atoms with Gasteiger partial charge in [0.1, 0.15) is 10.7 Å². The Balaban J connectivity index is 1.74. The molecule has 0 saturated heterocycles. The largest absolute Gasteiger partial charge is 0.262 e. The van der Waals surface area contributed by atoms with E-state index in [1.165, 1.54) is 22.9 Å². The quantitative estimate of drug-likeness (QED) is 0.760. The molecule has 0 aliphatic rings. The van der Waals surface area contributed by atoms with E-state index in [1.807, 2.05) is 0 Å². The summed E-state index contributed by atoms with van der Waals surface area (Å²) < 4.78 is 41.5. The molecule has 118 valence electrons. The molecule has 3 rings (SSSR count). The summed E-state index contributed by atoms with van der Waals surface area (Å²) in [5, 5.41) is 7.77. The van der Waals surface area contributed by atoms with E-state index in [0.717, 1.165) is 6.07 Å². The maximum absolute atomic E-state index is 13.6. The molecule has 0 radical (unpaired) electrons. The lowest BCUT2D eigenvalue weighted by Crippen LogP contribution is -2.24. The number of rotatable bonds is 5. The van der Waals surface area contributed by atoms with Crippen LogP contribution in [0.3, 0.4) is 0 Å². The summed E-state index contributed by atoms with van der Waals surface area (Å²) in [6, 6.07) is 8.70. The zero-order valence-corrected chi connectivity index (χ0v) is 12.6. The smallest absolute Gasteiger partial charge is 0.243 e.